The van der Waals surface area contributed by atoms with Crippen molar-refractivity contribution in [3.63, 3.8) is 0 Å². The number of anilines is 1. The van der Waals surface area contributed by atoms with Gasteiger partial charge in [-0.15, -0.1) is 11.3 Å². The molecule has 0 radical (unpaired) electrons. The summed E-state index contributed by atoms with van der Waals surface area (Å²) in [6.07, 6.45) is 2.93. The predicted molar refractivity (Wildman–Crippen MR) is 140 cm³/mol. The number of fused-ring (bicyclic) bond motifs is 3. The number of methoxy groups -OCH3 is 1. The van der Waals surface area contributed by atoms with Crippen molar-refractivity contribution in [2.75, 3.05) is 18.2 Å². The van der Waals surface area contributed by atoms with Gasteiger partial charge in [-0.25, -0.2) is 4.98 Å². The molecule has 1 amide bonds. The molecule has 174 valence electrons. The number of thiophene rings is 1. The van der Waals surface area contributed by atoms with Gasteiger partial charge in [-0.2, -0.15) is 0 Å². The van der Waals surface area contributed by atoms with Gasteiger partial charge in [0, 0.05) is 15.6 Å². The quantitative estimate of drug-likeness (QED) is 0.244. The molecule has 0 unspecified atom stereocenters. The maximum atomic E-state index is 13.6. The molecule has 2 aromatic carbocycles. The number of amides is 1. The largest absolute Gasteiger partial charge is 0.495 e. The Balaban J connectivity index is 1.47. The number of ether oxygens (including phenoxy) is 1. The summed E-state index contributed by atoms with van der Waals surface area (Å²) in [5.74, 6) is 0.360. The van der Waals surface area contributed by atoms with Crippen molar-refractivity contribution in [3.8, 4) is 11.4 Å². The normalized spacial score (nSPS) is 12.7. The van der Waals surface area contributed by atoms with E-state index in [9.17, 15) is 9.59 Å². The average Bonchev–Trinajstić information content (AvgIpc) is 3.40. The molecule has 10 heteroatoms. The first kappa shape index (κ1) is 23.2. The summed E-state index contributed by atoms with van der Waals surface area (Å²) in [7, 11) is 1.53. The molecule has 0 atom stereocenters. The first-order valence-electron chi connectivity index (χ1n) is 10.5. The maximum Gasteiger partial charge on any atom is 0.267 e. The lowest BCUT2D eigenvalue weighted by Crippen LogP contribution is -2.23. The highest BCUT2D eigenvalue weighted by atomic mass is 35.5. The highest BCUT2D eigenvalue weighted by Gasteiger charge is 2.24. The van der Waals surface area contributed by atoms with E-state index in [4.69, 9.17) is 32.9 Å². The van der Waals surface area contributed by atoms with Gasteiger partial charge in [0.1, 0.15) is 10.6 Å². The molecule has 0 saturated carbocycles. The van der Waals surface area contributed by atoms with Crippen molar-refractivity contribution in [3.05, 3.63) is 73.3 Å². The van der Waals surface area contributed by atoms with Crippen LogP contribution in [0.15, 0.2) is 52.4 Å². The smallest absolute Gasteiger partial charge is 0.267 e. The number of aromatic nitrogens is 2. The number of benzene rings is 2. The molecule has 34 heavy (non-hydrogen) atoms. The number of carbonyl (C=O) groups is 1. The first-order valence-corrected chi connectivity index (χ1v) is 13.1. The molecule has 0 fully saturated rings. The fourth-order valence-electron chi connectivity index (χ4n) is 4.01. The molecule has 2 heterocycles. The van der Waals surface area contributed by atoms with Crippen LogP contribution in [0.4, 0.5) is 5.69 Å². The van der Waals surface area contributed by atoms with Crippen molar-refractivity contribution >= 4 is 68.1 Å². The van der Waals surface area contributed by atoms with E-state index >= 15 is 0 Å². The van der Waals surface area contributed by atoms with Gasteiger partial charge < -0.3 is 10.1 Å². The fraction of sp³-hybridized carbons (Fsp3) is 0.208. The second-order valence-electron chi connectivity index (χ2n) is 7.74. The molecule has 1 aliphatic rings. The van der Waals surface area contributed by atoms with Crippen LogP contribution in [-0.2, 0) is 17.6 Å². The van der Waals surface area contributed by atoms with E-state index in [-0.39, 0.29) is 17.2 Å². The molecule has 1 aliphatic carbocycles. The molecule has 0 spiro atoms. The van der Waals surface area contributed by atoms with Gasteiger partial charge in [0.2, 0.25) is 5.91 Å². The van der Waals surface area contributed by atoms with Crippen LogP contribution >= 0.6 is 46.3 Å². The summed E-state index contributed by atoms with van der Waals surface area (Å²) >= 11 is 15.0. The summed E-state index contributed by atoms with van der Waals surface area (Å²) in [6, 6.07) is 12.1. The number of halogens is 2. The Bertz CT molecular complexity index is 1470. The third-order valence-electron chi connectivity index (χ3n) is 5.56. The molecule has 5 rings (SSSR count). The van der Waals surface area contributed by atoms with E-state index < -0.39 is 0 Å². The monoisotopic (exact) mass is 531 g/mol. The topological polar surface area (TPSA) is 73.2 Å². The minimum Gasteiger partial charge on any atom is -0.495 e. The van der Waals surface area contributed by atoms with Crippen LogP contribution in [0.5, 0.6) is 5.75 Å². The molecule has 2 aromatic heterocycles. The van der Waals surface area contributed by atoms with Crippen LogP contribution in [0, 0.1) is 0 Å². The van der Waals surface area contributed by atoms with Crippen molar-refractivity contribution in [2.24, 2.45) is 0 Å². The van der Waals surface area contributed by atoms with Gasteiger partial charge in [-0.1, -0.05) is 35.0 Å². The van der Waals surface area contributed by atoms with Crippen molar-refractivity contribution in [2.45, 2.75) is 24.4 Å². The number of carbonyl (C=O) groups excluding carboxylic acids is 1. The van der Waals surface area contributed by atoms with Crippen LogP contribution in [0.1, 0.15) is 16.9 Å². The van der Waals surface area contributed by atoms with Gasteiger partial charge in [0.25, 0.3) is 5.56 Å². The van der Waals surface area contributed by atoms with Crippen LogP contribution in [0.3, 0.4) is 0 Å². The van der Waals surface area contributed by atoms with Crippen LogP contribution in [0.2, 0.25) is 10.0 Å². The zero-order valence-corrected chi connectivity index (χ0v) is 21.2. The molecule has 0 saturated heterocycles. The lowest BCUT2D eigenvalue weighted by Gasteiger charge is -2.13. The molecular weight excluding hydrogens is 513 g/mol. The standard InChI is InChI=1S/C24H19Cl2N3O3S2/c1-32-18-10-7-14(11-17(18)26)27-20(30)12-33-24-28-22-21(16-3-2-4-19(16)34-22)23(31)29(24)15-8-5-13(25)6-9-15/h5-11H,2-4,12H2,1H3,(H,27,30). The Labute approximate surface area is 213 Å². The van der Waals surface area contributed by atoms with Gasteiger partial charge in [0.05, 0.1) is 29.0 Å². The molecule has 1 N–H and O–H groups in total. The number of thioether (sulfide) groups is 1. The van der Waals surface area contributed by atoms with Crippen molar-refractivity contribution in [1.82, 2.24) is 9.55 Å². The molecule has 4 aromatic rings. The minimum atomic E-state index is -0.239. The number of nitrogens with zero attached hydrogens (tertiary/aromatic N) is 2. The van der Waals surface area contributed by atoms with Gasteiger partial charge in [-0.3, -0.25) is 14.2 Å². The lowest BCUT2D eigenvalue weighted by atomic mass is 10.2. The van der Waals surface area contributed by atoms with Gasteiger partial charge >= 0.3 is 0 Å². The van der Waals surface area contributed by atoms with E-state index in [0.717, 1.165) is 29.7 Å². The molecule has 6 nitrogen and oxygen atoms in total. The van der Waals surface area contributed by atoms with E-state index in [2.05, 4.69) is 5.32 Å². The van der Waals surface area contributed by atoms with Crippen molar-refractivity contribution in [1.29, 1.82) is 0 Å². The second kappa shape index (κ2) is 9.62. The Morgan fingerprint density at radius 1 is 1.21 bits per heavy atom. The fourth-order valence-corrected chi connectivity index (χ4v) is 6.51. The van der Waals surface area contributed by atoms with E-state index in [1.54, 1.807) is 58.4 Å². The van der Waals surface area contributed by atoms with Crippen LogP contribution < -0.4 is 15.6 Å². The Hall–Kier alpha value is -2.52. The SMILES string of the molecule is COc1ccc(NC(=O)CSc2nc3sc4c(c3c(=O)n2-c2ccc(Cl)cc2)CCC4)cc1Cl. The molecular formula is C24H19Cl2N3O3S2. The zero-order chi connectivity index (χ0) is 23.8. The molecule has 0 aliphatic heterocycles. The first-order chi connectivity index (χ1) is 16.4. The second-order valence-corrected chi connectivity index (χ2v) is 10.6. The number of aryl methyl sites for hydroxylation is 2. The summed E-state index contributed by atoms with van der Waals surface area (Å²) in [6.45, 7) is 0. The van der Waals surface area contributed by atoms with Crippen LogP contribution in [0.25, 0.3) is 15.9 Å². The highest BCUT2D eigenvalue weighted by Crippen LogP contribution is 2.36. The summed E-state index contributed by atoms with van der Waals surface area (Å²) in [5.41, 5.74) is 2.22. The third-order valence-corrected chi connectivity index (χ3v) is 8.23. The number of nitrogens with one attached hydrogen (secondary N) is 1. The average molecular weight is 532 g/mol. The Morgan fingerprint density at radius 2 is 2.00 bits per heavy atom. The van der Waals surface area contributed by atoms with E-state index in [1.165, 1.54) is 23.7 Å². The third kappa shape index (κ3) is 4.43. The van der Waals surface area contributed by atoms with Gasteiger partial charge in [0.15, 0.2) is 5.16 Å². The maximum absolute atomic E-state index is 13.6. The summed E-state index contributed by atoms with van der Waals surface area (Å²) < 4.78 is 6.72. The van der Waals surface area contributed by atoms with E-state index in [0.29, 0.717) is 37.7 Å². The van der Waals surface area contributed by atoms with Crippen LogP contribution in [-0.4, -0.2) is 28.3 Å². The lowest BCUT2D eigenvalue weighted by molar-refractivity contribution is -0.113. The summed E-state index contributed by atoms with van der Waals surface area (Å²) in [5, 5.41) is 4.96. The van der Waals surface area contributed by atoms with E-state index in [1.807, 2.05) is 0 Å². The van der Waals surface area contributed by atoms with Gasteiger partial charge in [-0.05, 0) is 67.3 Å². The Morgan fingerprint density at radius 3 is 2.74 bits per heavy atom. The minimum absolute atomic E-state index is 0.0697. The predicted octanol–water partition coefficient (Wildman–Crippen LogP) is 5.98. The highest BCUT2D eigenvalue weighted by molar-refractivity contribution is 7.99. The van der Waals surface area contributed by atoms with Crippen molar-refractivity contribution < 1.29 is 9.53 Å². The zero-order valence-electron chi connectivity index (χ0n) is 18.1. The molecule has 0 bridgehead atoms. The number of hydrogen-bond acceptors (Lipinski definition) is 6. The number of hydrogen-bond donors (Lipinski definition) is 1. The summed E-state index contributed by atoms with van der Waals surface area (Å²) in [4.78, 5) is 33.1. The number of rotatable bonds is 6. The Kier molecular flexibility index (Phi) is 6.57.